The van der Waals surface area contributed by atoms with Gasteiger partial charge < -0.3 is 14.2 Å². The van der Waals surface area contributed by atoms with Crippen LogP contribution in [0.1, 0.15) is 316 Å². The van der Waals surface area contributed by atoms with Gasteiger partial charge in [-0.25, -0.2) is 0 Å². The van der Waals surface area contributed by atoms with E-state index in [2.05, 4.69) is 20.8 Å². The van der Waals surface area contributed by atoms with Gasteiger partial charge in [-0.2, -0.15) is 0 Å². The van der Waals surface area contributed by atoms with Crippen LogP contribution < -0.4 is 0 Å². The fourth-order valence-corrected chi connectivity index (χ4v) is 8.45. The molecule has 0 bridgehead atoms. The van der Waals surface area contributed by atoms with Crippen LogP contribution in [0.15, 0.2) is 0 Å². The van der Waals surface area contributed by atoms with Gasteiger partial charge >= 0.3 is 17.9 Å². The topological polar surface area (TPSA) is 78.9 Å². The lowest BCUT2D eigenvalue weighted by molar-refractivity contribution is -0.167. The first kappa shape index (κ1) is 59.4. The van der Waals surface area contributed by atoms with E-state index < -0.39 is 6.10 Å². The molecule has 6 nitrogen and oxygen atoms in total. The van der Waals surface area contributed by atoms with E-state index in [1.54, 1.807) is 0 Å². The number of esters is 3. The summed E-state index contributed by atoms with van der Waals surface area (Å²) in [7, 11) is 0. The van der Waals surface area contributed by atoms with Crippen molar-refractivity contribution in [1.82, 2.24) is 0 Å². The fraction of sp³-hybridized carbons (Fsp3) is 0.945. The molecule has 0 aromatic carbocycles. The second-order valence-corrected chi connectivity index (χ2v) is 18.9. The molecule has 0 spiro atoms. The molecule has 61 heavy (non-hydrogen) atoms. The Hall–Kier alpha value is -1.59. The van der Waals surface area contributed by atoms with Crippen molar-refractivity contribution in [2.45, 2.75) is 322 Å². The molecule has 0 aliphatic rings. The van der Waals surface area contributed by atoms with Crippen LogP contribution in [0.2, 0.25) is 0 Å². The number of unbranched alkanes of at least 4 members (excludes halogenated alkanes) is 40. The van der Waals surface area contributed by atoms with Crippen LogP contribution in [0.25, 0.3) is 0 Å². The Balaban J connectivity index is 3.78. The Kier molecular flexibility index (Phi) is 49.7. The molecule has 0 N–H and O–H groups in total. The van der Waals surface area contributed by atoms with E-state index in [-0.39, 0.29) is 31.1 Å². The fourth-order valence-electron chi connectivity index (χ4n) is 8.45. The first-order valence-corrected chi connectivity index (χ1v) is 27.5. The van der Waals surface area contributed by atoms with Crippen molar-refractivity contribution in [2.75, 3.05) is 13.2 Å². The SMILES string of the molecule is CCCCCCCCCCCCCCCCCCCCCCCCCCCCCCCCC(=O)OCC(COC(=O)CCCCCCC)OC(=O)CCCCCCCCCC. The predicted molar refractivity (Wildman–Crippen MR) is 261 cm³/mol. The van der Waals surface area contributed by atoms with Gasteiger partial charge in [-0.15, -0.1) is 0 Å². The van der Waals surface area contributed by atoms with Crippen LogP contribution in [0.5, 0.6) is 0 Å². The van der Waals surface area contributed by atoms with E-state index in [0.717, 1.165) is 64.2 Å². The third kappa shape index (κ3) is 49.3. The highest BCUT2D eigenvalue weighted by Crippen LogP contribution is 2.18. The van der Waals surface area contributed by atoms with Crippen molar-refractivity contribution < 1.29 is 28.6 Å². The largest absolute Gasteiger partial charge is 0.462 e. The minimum Gasteiger partial charge on any atom is -0.462 e. The zero-order chi connectivity index (χ0) is 44.4. The van der Waals surface area contributed by atoms with E-state index in [9.17, 15) is 14.4 Å². The molecule has 0 rings (SSSR count). The summed E-state index contributed by atoms with van der Waals surface area (Å²) >= 11 is 0. The van der Waals surface area contributed by atoms with E-state index in [4.69, 9.17) is 14.2 Å². The summed E-state index contributed by atoms with van der Waals surface area (Å²) in [6, 6.07) is 0. The molecule has 1 atom stereocenters. The first-order chi connectivity index (χ1) is 30.0. The van der Waals surface area contributed by atoms with Gasteiger partial charge in [-0.05, 0) is 19.3 Å². The molecule has 0 saturated heterocycles. The normalized spacial score (nSPS) is 11.9. The molecular weight excluding hydrogens is 757 g/mol. The summed E-state index contributed by atoms with van der Waals surface area (Å²) in [6.45, 7) is 6.56. The minimum atomic E-state index is -0.757. The maximum absolute atomic E-state index is 12.6. The monoisotopic (exact) mass is 863 g/mol. The van der Waals surface area contributed by atoms with Crippen molar-refractivity contribution in [1.29, 1.82) is 0 Å². The molecule has 0 aliphatic heterocycles. The van der Waals surface area contributed by atoms with Crippen LogP contribution in [-0.2, 0) is 28.6 Å². The number of ether oxygens (including phenoxy) is 3. The highest BCUT2D eigenvalue weighted by Gasteiger charge is 2.19. The number of carbonyl (C=O) groups excluding carboxylic acids is 3. The Morgan fingerprint density at radius 1 is 0.262 bits per heavy atom. The van der Waals surface area contributed by atoms with Gasteiger partial charge in [0.2, 0.25) is 0 Å². The first-order valence-electron chi connectivity index (χ1n) is 27.5. The van der Waals surface area contributed by atoms with Crippen molar-refractivity contribution in [3.8, 4) is 0 Å². The highest BCUT2D eigenvalue weighted by atomic mass is 16.6. The maximum atomic E-state index is 12.6. The Morgan fingerprint density at radius 3 is 0.656 bits per heavy atom. The van der Waals surface area contributed by atoms with Gasteiger partial charge in [0.25, 0.3) is 0 Å². The van der Waals surface area contributed by atoms with Gasteiger partial charge in [0.15, 0.2) is 6.10 Å². The zero-order valence-corrected chi connectivity index (χ0v) is 41.5. The number of hydrogen-bond acceptors (Lipinski definition) is 6. The third-order valence-electron chi connectivity index (χ3n) is 12.6. The maximum Gasteiger partial charge on any atom is 0.306 e. The summed E-state index contributed by atoms with van der Waals surface area (Å²) < 4.78 is 16.6. The summed E-state index contributed by atoms with van der Waals surface area (Å²) in [5.74, 6) is -0.867. The molecule has 0 aromatic rings. The summed E-state index contributed by atoms with van der Waals surface area (Å²) in [6.07, 6.45) is 56.1. The van der Waals surface area contributed by atoms with Crippen molar-refractivity contribution in [3.63, 3.8) is 0 Å². The molecule has 6 heteroatoms. The third-order valence-corrected chi connectivity index (χ3v) is 12.6. The molecule has 0 aliphatic carbocycles. The molecule has 1 unspecified atom stereocenters. The lowest BCUT2D eigenvalue weighted by Crippen LogP contribution is -2.30. The average Bonchev–Trinajstić information content (AvgIpc) is 3.26. The van der Waals surface area contributed by atoms with Crippen LogP contribution in [0.4, 0.5) is 0 Å². The second kappa shape index (κ2) is 51.0. The average molecular weight is 863 g/mol. The van der Waals surface area contributed by atoms with Gasteiger partial charge in [0, 0.05) is 19.3 Å². The smallest absolute Gasteiger partial charge is 0.306 e. The molecule has 0 fully saturated rings. The van der Waals surface area contributed by atoms with E-state index in [1.165, 1.54) is 212 Å². The van der Waals surface area contributed by atoms with Gasteiger partial charge in [0.1, 0.15) is 13.2 Å². The van der Waals surface area contributed by atoms with Crippen LogP contribution in [0.3, 0.4) is 0 Å². The molecule has 362 valence electrons. The van der Waals surface area contributed by atoms with Crippen molar-refractivity contribution >= 4 is 17.9 Å². The Morgan fingerprint density at radius 2 is 0.443 bits per heavy atom. The van der Waals surface area contributed by atoms with Crippen molar-refractivity contribution in [3.05, 3.63) is 0 Å². The molecule has 0 heterocycles. The highest BCUT2D eigenvalue weighted by molar-refractivity contribution is 5.71. The second-order valence-electron chi connectivity index (χ2n) is 18.9. The summed E-state index contributed by atoms with van der Waals surface area (Å²) in [5, 5.41) is 0. The van der Waals surface area contributed by atoms with Gasteiger partial charge in [-0.1, -0.05) is 278 Å². The number of carbonyl (C=O) groups is 3. The lowest BCUT2D eigenvalue weighted by Gasteiger charge is -2.18. The van der Waals surface area contributed by atoms with Crippen LogP contribution in [0, 0.1) is 0 Å². The Bertz CT molecular complexity index is 905. The minimum absolute atomic E-state index is 0.0641. The molecule has 0 radical (unpaired) electrons. The number of hydrogen-bond donors (Lipinski definition) is 0. The van der Waals surface area contributed by atoms with E-state index >= 15 is 0 Å². The van der Waals surface area contributed by atoms with Gasteiger partial charge in [-0.3, -0.25) is 14.4 Å². The zero-order valence-electron chi connectivity index (χ0n) is 41.5. The molecular formula is C55H106O6. The standard InChI is InChI=1S/C55H106O6/c1-4-7-10-13-15-17-18-19-20-21-22-23-24-25-26-27-28-29-30-31-32-33-34-35-36-37-38-40-42-45-48-54(57)60-51-52(50-59-53(56)47-44-41-12-9-6-3)61-55(58)49-46-43-39-16-14-11-8-5-2/h52H,4-51H2,1-3H3. The van der Waals surface area contributed by atoms with Crippen LogP contribution in [-0.4, -0.2) is 37.2 Å². The predicted octanol–water partition coefficient (Wildman–Crippen LogP) is 18.0. The van der Waals surface area contributed by atoms with Crippen LogP contribution >= 0.6 is 0 Å². The molecule has 0 saturated carbocycles. The van der Waals surface area contributed by atoms with Crippen molar-refractivity contribution in [2.24, 2.45) is 0 Å². The molecule has 0 amide bonds. The Labute approximate surface area is 380 Å². The number of rotatable bonds is 51. The lowest BCUT2D eigenvalue weighted by atomic mass is 10.0. The quantitative estimate of drug-likeness (QED) is 0.0344. The summed E-state index contributed by atoms with van der Waals surface area (Å²) in [4.78, 5) is 37.4. The summed E-state index contributed by atoms with van der Waals surface area (Å²) in [5.41, 5.74) is 0. The molecule has 0 aromatic heterocycles. The van der Waals surface area contributed by atoms with E-state index in [0.29, 0.717) is 19.3 Å². The van der Waals surface area contributed by atoms with E-state index in [1.807, 2.05) is 0 Å². The van der Waals surface area contributed by atoms with Gasteiger partial charge in [0.05, 0.1) is 0 Å².